The molecule has 3 rings (SSSR count). The molecule has 1 aromatic carbocycles. The van der Waals surface area contributed by atoms with Gasteiger partial charge in [-0.15, -0.1) is 0 Å². The van der Waals surface area contributed by atoms with Gasteiger partial charge in [-0.05, 0) is 49.5 Å². The molecule has 0 radical (unpaired) electrons. The van der Waals surface area contributed by atoms with Gasteiger partial charge < -0.3 is 10.2 Å². The minimum absolute atomic E-state index is 0.0111. The molecule has 1 heterocycles. The van der Waals surface area contributed by atoms with Gasteiger partial charge in [0.05, 0.1) is 0 Å². The maximum Gasteiger partial charge on any atom is 0.246 e. The third-order valence-electron chi connectivity index (χ3n) is 4.37. The van der Waals surface area contributed by atoms with E-state index >= 15 is 0 Å². The molecule has 2 aliphatic rings. The molecule has 0 spiro atoms. The Labute approximate surface area is 141 Å². The number of nitrogens with one attached hydrogen (secondary N) is 1. The highest BCUT2D eigenvalue weighted by molar-refractivity contribution is 6.30. The Balaban J connectivity index is 1.47. The molecular formula is C18H21ClN2O2. The van der Waals surface area contributed by atoms with Gasteiger partial charge in [0.1, 0.15) is 0 Å². The van der Waals surface area contributed by atoms with Crippen LogP contribution in [-0.2, 0) is 9.59 Å². The summed E-state index contributed by atoms with van der Waals surface area (Å²) >= 11 is 5.93. The van der Waals surface area contributed by atoms with E-state index in [0.29, 0.717) is 18.1 Å². The van der Waals surface area contributed by atoms with E-state index in [1.165, 1.54) is 0 Å². The minimum Gasteiger partial charge on any atom is -0.353 e. The first-order valence-electron chi connectivity index (χ1n) is 8.15. The van der Waals surface area contributed by atoms with Gasteiger partial charge in [0, 0.05) is 36.1 Å². The number of halogens is 1. The van der Waals surface area contributed by atoms with Gasteiger partial charge in [-0.3, -0.25) is 9.59 Å². The highest BCUT2D eigenvalue weighted by atomic mass is 35.5. The molecule has 122 valence electrons. The van der Waals surface area contributed by atoms with Crippen LogP contribution in [0.3, 0.4) is 0 Å². The first-order chi connectivity index (χ1) is 11.1. The van der Waals surface area contributed by atoms with Crippen molar-refractivity contribution in [2.45, 2.75) is 31.7 Å². The van der Waals surface area contributed by atoms with Gasteiger partial charge in [0.15, 0.2) is 0 Å². The van der Waals surface area contributed by atoms with Crippen molar-refractivity contribution in [1.29, 1.82) is 0 Å². The zero-order valence-electron chi connectivity index (χ0n) is 13.0. The molecular weight excluding hydrogens is 312 g/mol. The summed E-state index contributed by atoms with van der Waals surface area (Å²) in [6.45, 7) is 1.38. The molecule has 23 heavy (non-hydrogen) atoms. The van der Waals surface area contributed by atoms with Crippen molar-refractivity contribution in [1.82, 2.24) is 10.2 Å². The van der Waals surface area contributed by atoms with Gasteiger partial charge in [0.2, 0.25) is 11.8 Å². The average Bonchev–Trinajstić information content (AvgIpc) is 3.38. The Morgan fingerprint density at radius 2 is 1.91 bits per heavy atom. The molecule has 4 nitrogen and oxygen atoms in total. The van der Waals surface area contributed by atoms with Crippen LogP contribution in [-0.4, -0.2) is 35.8 Å². The predicted octanol–water partition coefficient (Wildman–Crippen LogP) is 2.87. The van der Waals surface area contributed by atoms with Gasteiger partial charge >= 0.3 is 0 Å². The van der Waals surface area contributed by atoms with Gasteiger partial charge in [-0.2, -0.15) is 0 Å². The normalized spacial score (nSPS) is 19.1. The minimum atomic E-state index is 0.0111. The lowest BCUT2D eigenvalue weighted by atomic mass is 10.0. The summed E-state index contributed by atoms with van der Waals surface area (Å²) in [5, 5.41) is 3.75. The number of likely N-dealkylation sites (tertiary alicyclic amines) is 1. The quantitative estimate of drug-likeness (QED) is 0.862. The Bertz CT molecular complexity index is 617. The Kier molecular flexibility index (Phi) is 5.01. The fraction of sp³-hybridized carbons (Fsp3) is 0.444. The third kappa shape index (κ3) is 4.58. The van der Waals surface area contributed by atoms with Crippen molar-refractivity contribution in [2.24, 2.45) is 5.92 Å². The maximum atomic E-state index is 12.2. The number of carbonyl (C=O) groups is 2. The zero-order chi connectivity index (χ0) is 16.2. The van der Waals surface area contributed by atoms with Gasteiger partial charge in [-0.25, -0.2) is 0 Å². The fourth-order valence-corrected chi connectivity index (χ4v) is 2.99. The number of rotatable bonds is 4. The Hall–Kier alpha value is -1.81. The SMILES string of the molecule is O=C(NC1CCN(C(=O)/C=C/c2cccc(Cl)c2)CC1)C1CC1. The highest BCUT2D eigenvalue weighted by Crippen LogP contribution is 2.29. The van der Waals surface area contributed by atoms with Crippen LogP contribution in [0.5, 0.6) is 0 Å². The van der Waals surface area contributed by atoms with Crippen LogP contribution in [0.25, 0.3) is 6.08 Å². The van der Waals surface area contributed by atoms with E-state index < -0.39 is 0 Å². The first-order valence-corrected chi connectivity index (χ1v) is 8.52. The number of carbonyl (C=O) groups excluding carboxylic acids is 2. The molecule has 2 amide bonds. The maximum absolute atomic E-state index is 12.2. The lowest BCUT2D eigenvalue weighted by Gasteiger charge is -2.31. The molecule has 1 N–H and O–H groups in total. The van der Waals surface area contributed by atoms with Crippen LogP contribution in [0.4, 0.5) is 0 Å². The lowest BCUT2D eigenvalue weighted by Crippen LogP contribution is -2.46. The van der Waals surface area contributed by atoms with Crippen molar-refractivity contribution in [3.8, 4) is 0 Å². The summed E-state index contributed by atoms with van der Waals surface area (Å²) in [6.07, 6.45) is 7.09. The van der Waals surface area contributed by atoms with Crippen LogP contribution >= 0.6 is 11.6 Å². The van der Waals surface area contributed by atoms with E-state index in [1.54, 1.807) is 18.2 Å². The van der Waals surface area contributed by atoms with Crippen LogP contribution in [0.15, 0.2) is 30.3 Å². The Morgan fingerprint density at radius 3 is 2.57 bits per heavy atom. The second-order valence-corrected chi connectivity index (χ2v) is 6.71. The van der Waals surface area contributed by atoms with E-state index in [1.807, 2.05) is 23.1 Å². The van der Waals surface area contributed by atoms with Crippen molar-refractivity contribution >= 4 is 29.5 Å². The van der Waals surface area contributed by atoms with E-state index in [9.17, 15) is 9.59 Å². The number of benzene rings is 1. The third-order valence-corrected chi connectivity index (χ3v) is 4.60. The zero-order valence-corrected chi connectivity index (χ0v) is 13.8. The van der Waals surface area contributed by atoms with E-state index in [0.717, 1.165) is 31.2 Å². The second-order valence-electron chi connectivity index (χ2n) is 6.27. The molecule has 5 heteroatoms. The molecule has 2 fully saturated rings. The predicted molar refractivity (Wildman–Crippen MR) is 91.0 cm³/mol. The lowest BCUT2D eigenvalue weighted by molar-refractivity contribution is -0.127. The molecule has 0 bridgehead atoms. The van der Waals surface area contributed by atoms with Crippen molar-refractivity contribution in [3.05, 3.63) is 40.9 Å². The number of piperidine rings is 1. The van der Waals surface area contributed by atoms with E-state index in [2.05, 4.69) is 5.32 Å². The first kappa shape index (κ1) is 16.1. The topological polar surface area (TPSA) is 49.4 Å². The molecule has 1 saturated heterocycles. The van der Waals surface area contributed by atoms with Crippen molar-refractivity contribution < 1.29 is 9.59 Å². The molecule has 1 aromatic rings. The summed E-state index contributed by atoms with van der Waals surface area (Å²) in [4.78, 5) is 25.8. The number of hydrogen-bond donors (Lipinski definition) is 1. The van der Waals surface area contributed by atoms with E-state index in [-0.39, 0.29) is 23.8 Å². The summed E-state index contributed by atoms with van der Waals surface area (Å²) in [5.41, 5.74) is 0.914. The summed E-state index contributed by atoms with van der Waals surface area (Å²) in [7, 11) is 0. The number of hydrogen-bond acceptors (Lipinski definition) is 2. The largest absolute Gasteiger partial charge is 0.353 e. The molecule has 1 aliphatic carbocycles. The van der Waals surface area contributed by atoms with Crippen LogP contribution in [0.1, 0.15) is 31.2 Å². The average molecular weight is 333 g/mol. The molecule has 1 saturated carbocycles. The van der Waals surface area contributed by atoms with Crippen LogP contribution in [0.2, 0.25) is 5.02 Å². The standard InChI is InChI=1S/C18H21ClN2O2/c19-15-3-1-2-13(12-15)4-7-17(22)21-10-8-16(9-11-21)20-18(23)14-5-6-14/h1-4,7,12,14,16H,5-6,8-11H2,(H,20,23)/b7-4+. The summed E-state index contributed by atoms with van der Waals surface area (Å²) < 4.78 is 0. The monoisotopic (exact) mass is 332 g/mol. The van der Waals surface area contributed by atoms with Gasteiger partial charge in [-0.1, -0.05) is 23.7 Å². The van der Waals surface area contributed by atoms with Gasteiger partial charge in [0.25, 0.3) is 0 Å². The summed E-state index contributed by atoms with van der Waals surface area (Å²) in [5.74, 6) is 0.447. The van der Waals surface area contributed by atoms with Crippen LogP contribution in [0, 0.1) is 5.92 Å². The fourth-order valence-electron chi connectivity index (χ4n) is 2.79. The molecule has 1 aliphatic heterocycles. The molecule has 0 unspecified atom stereocenters. The van der Waals surface area contributed by atoms with Crippen LogP contribution < -0.4 is 5.32 Å². The highest BCUT2D eigenvalue weighted by Gasteiger charge is 2.32. The van der Waals surface area contributed by atoms with Crippen molar-refractivity contribution in [3.63, 3.8) is 0 Å². The van der Waals surface area contributed by atoms with E-state index in [4.69, 9.17) is 11.6 Å². The molecule has 0 atom stereocenters. The second kappa shape index (κ2) is 7.18. The number of amides is 2. The summed E-state index contributed by atoms with van der Waals surface area (Å²) in [6, 6.07) is 7.62. The smallest absolute Gasteiger partial charge is 0.246 e. The Morgan fingerprint density at radius 1 is 1.17 bits per heavy atom. The molecule has 0 aromatic heterocycles. The van der Waals surface area contributed by atoms with Crippen molar-refractivity contribution in [2.75, 3.05) is 13.1 Å². The number of nitrogens with zero attached hydrogens (tertiary/aromatic N) is 1.